The lowest BCUT2D eigenvalue weighted by molar-refractivity contribution is 0.252. The van der Waals surface area contributed by atoms with Crippen molar-refractivity contribution < 1.29 is 9.18 Å². The zero-order valence-electron chi connectivity index (χ0n) is 12.9. The van der Waals surface area contributed by atoms with Gasteiger partial charge >= 0.3 is 6.03 Å². The molecule has 2 heterocycles. The number of fused-ring (bicyclic) bond motifs is 1. The fraction of sp³-hybridized carbons (Fsp3) is 0.375. The third kappa shape index (κ3) is 3.80. The molecule has 0 bridgehead atoms. The first-order valence-electron chi connectivity index (χ1n) is 7.63. The molecule has 2 N–H and O–H groups in total. The number of nitrogens with zero attached hydrogens (tertiary/aromatic N) is 3. The normalized spacial score (nSPS) is 12.8. The largest absolute Gasteiger partial charge is 0.337 e. The average molecular weight is 315 g/mol. The molecule has 1 aliphatic rings. The van der Waals surface area contributed by atoms with E-state index in [0.717, 1.165) is 36.5 Å². The van der Waals surface area contributed by atoms with Crippen molar-refractivity contribution in [1.29, 1.82) is 0 Å². The molecule has 0 spiro atoms. The highest BCUT2D eigenvalue weighted by atomic mass is 19.1. The highest BCUT2D eigenvalue weighted by molar-refractivity contribution is 5.88. The van der Waals surface area contributed by atoms with Crippen molar-refractivity contribution in [2.24, 2.45) is 0 Å². The van der Waals surface area contributed by atoms with Crippen LogP contribution in [0.3, 0.4) is 0 Å². The van der Waals surface area contributed by atoms with Crippen LogP contribution in [0, 0.1) is 12.9 Å². The van der Waals surface area contributed by atoms with Crippen molar-refractivity contribution >= 4 is 11.7 Å². The van der Waals surface area contributed by atoms with E-state index in [0.29, 0.717) is 18.7 Å². The molecule has 0 aliphatic heterocycles. The first-order valence-corrected chi connectivity index (χ1v) is 7.63. The number of urea groups is 1. The minimum absolute atomic E-state index is 0.365. The molecule has 0 radical (unpaired) electrons. The molecule has 1 aliphatic carbocycles. The van der Waals surface area contributed by atoms with Crippen LogP contribution in [0.15, 0.2) is 18.3 Å². The maximum absolute atomic E-state index is 12.7. The van der Waals surface area contributed by atoms with Gasteiger partial charge in [0.15, 0.2) is 0 Å². The van der Waals surface area contributed by atoms with E-state index in [9.17, 15) is 9.18 Å². The van der Waals surface area contributed by atoms with E-state index in [1.54, 1.807) is 0 Å². The van der Waals surface area contributed by atoms with Gasteiger partial charge in [0, 0.05) is 24.4 Å². The van der Waals surface area contributed by atoms with Crippen LogP contribution in [0.5, 0.6) is 0 Å². The van der Waals surface area contributed by atoms with Gasteiger partial charge in [0.1, 0.15) is 5.82 Å². The van der Waals surface area contributed by atoms with Crippen molar-refractivity contribution in [3.63, 3.8) is 0 Å². The third-order valence-electron chi connectivity index (χ3n) is 3.81. The summed E-state index contributed by atoms with van der Waals surface area (Å²) in [7, 11) is 0. The second-order valence-corrected chi connectivity index (χ2v) is 5.50. The summed E-state index contributed by atoms with van der Waals surface area (Å²) in [5, 5.41) is 5.32. The minimum atomic E-state index is -0.583. The van der Waals surface area contributed by atoms with Crippen LogP contribution in [0.4, 0.5) is 14.9 Å². The Balaban J connectivity index is 1.50. The van der Waals surface area contributed by atoms with Gasteiger partial charge in [-0.05, 0) is 43.9 Å². The molecule has 7 heteroatoms. The Morgan fingerprint density at radius 1 is 1.30 bits per heavy atom. The van der Waals surface area contributed by atoms with Gasteiger partial charge in [0.05, 0.1) is 11.9 Å². The van der Waals surface area contributed by atoms with E-state index in [-0.39, 0.29) is 6.03 Å². The summed E-state index contributed by atoms with van der Waals surface area (Å²) in [4.78, 5) is 24.3. The number of hydrogen-bond acceptors (Lipinski definition) is 4. The fourth-order valence-corrected chi connectivity index (χ4v) is 2.71. The van der Waals surface area contributed by atoms with Crippen LogP contribution >= 0.6 is 0 Å². The molecule has 0 saturated carbocycles. The van der Waals surface area contributed by atoms with E-state index in [1.165, 1.54) is 23.9 Å². The molecule has 0 atom stereocenters. The van der Waals surface area contributed by atoms with E-state index in [1.807, 2.05) is 6.92 Å². The molecule has 120 valence electrons. The summed E-state index contributed by atoms with van der Waals surface area (Å²) in [6.07, 6.45) is 5.05. The number of aryl methyl sites for hydroxylation is 2. The second kappa shape index (κ2) is 6.68. The highest BCUT2D eigenvalue weighted by Crippen LogP contribution is 2.22. The second-order valence-electron chi connectivity index (χ2n) is 5.50. The maximum Gasteiger partial charge on any atom is 0.319 e. The number of amides is 2. The van der Waals surface area contributed by atoms with Gasteiger partial charge in [-0.25, -0.2) is 19.7 Å². The lowest BCUT2D eigenvalue weighted by Crippen LogP contribution is -2.30. The lowest BCUT2D eigenvalue weighted by atomic mass is 10.2. The Labute approximate surface area is 133 Å². The minimum Gasteiger partial charge on any atom is -0.337 e. The van der Waals surface area contributed by atoms with Gasteiger partial charge in [-0.2, -0.15) is 4.39 Å². The number of pyridine rings is 1. The molecule has 0 saturated heterocycles. The van der Waals surface area contributed by atoms with Gasteiger partial charge in [0.2, 0.25) is 5.95 Å². The molecule has 3 rings (SSSR count). The molecule has 23 heavy (non-hydrogen) atoms. The van der Waals surface area contributed by atoms with Crippen molar-refractivity contribution in [2.45, 2.75) is 32.6 Å². The highest BCUT2D eigenvalue weighted by Gasteiger charge is 2.16. The first-order chi connectivity index (χ1) is 11.1. The standard InChI is InChI=1S/C16H18FN5O/c1-10-12-3-2-4-13(12)22-15(20-10)7-8-18-16(23)21-11-5-6-14(17)19-9-11/h5-6,9H,2-4,7-8H2,1H3,(H2,18,21,23). The Hall–Kier alpha value is -2.57. The van der Waals surface area contributed by atoms with Crippen molar-refractivity contribution in [1.82, 2.24) is 20.3 Å². The number of hydrogen-bond donors (Lipinski definition) is 2. The van der Waals surface area contributed by atoms with Crippen LogP contribution in [-0.2, 0) is 19.3 Å². The van der Waals surface area contributed by atoms with E-state index >= 15 is 0 Å². The monoisotopic (exact) mass is 315 g/mol. The fourth-order valence-electron chi connectivity index (χ4n) is 2.71. The predicted octanol–water partition coefficient (Wildman–Crippen LogP) is 2.17. The molecule has 0 unspecified atom stereocenters. The molecule has 2 aromatic heterocycles. The molecule has 6 nitrogen and oxygen atoms in total. The Kier molecular flexibility index (Phi) is 4.45. The Morgan fingerprint density at radius 2 is 2.17 bits per heavy atom. The Morgan fingerprint density at radius 3 is 2.96 bits per heavy atom. The molecule has 0 aromatic carbocycles. The van der Waals surface area contributed by atoms with Crippen molar-refractivity contribution in [2.75, 3.05) is 11.9 Å². The van der Waals surface area contributed by atoms with Crippen molar-refractivity contribution in [3.8, 4) is 0 Å². The third-order valence-corrected chi connectivity index (χ3v) is 3.81. The number of carbonyl (C=O) groups is 1. The SMILES string of the molecule is Cc1nc(CCNC(=O)Nc2ccc(F)nc2)nc2c1CCC2. The van der Waals surface area contributed by atoms with Crippen LogP contribution in [0.25, 0.3) is 0 Å². The smallest absolute Gasteiger partial charge is 0.319 e. The molecule has 2 amide bonds. The molecular weight excluding hydrogens is 297 g/mol. The number of halogens is 1. The van der Waals surface area contributed by atoms with Crippen LogP contribution < -0.4 is 10.6 Å². The van der Waals surface area contributed by atoms with Gasteiger partial charge in [-0.3, -0.25) is 0 Å². The van der Waals surface area contributed by atoms with Gasteiger partial charge < -0.3 is 10.6 Å². The van der Waals surface area contributed by atoms with E-state index < -0.39 is 5.95 Å². The molecular formula is C16H18FN5O. The van der Waals surface area contributed by atoms with Gasteiger partial charge in [-0.15, -0.1) is 0 Å². The molecule has 0 fully saturated rings. The average Bonchev–Trinajstić information content (AvgIpc) is 2.99. The van der Waals surface area contributed by atoms with Crippen LogP contribution in [0.1, 0.15) is 29.2 Å². The summed E-state index contributed by atoms with van der Waals surface area (Å²) in [6.45, 7) is 2.44. The van der Waals surface area contributed by atoms with E-state index in [4.69, 9.17) is 0 Å². The quantitative estimate of drug-likeness (QED) is 0.848. The van der Waals surface area contributed by atoms with Crippen LogP contribution in [-0.4, -0.2) is 27.5 Å². The lowest BCUT2D eigenvalue weighted by Gasteiger charge is -2.09. The number of carbonyl (C=O) groups excluding carboxylic acids is 1. The summed E-state index contributed by atoms with van der Waals surface area (Å²) in [5.74, 6) is 0.173. The summed E-state index contributed by atoms with van der Waals surface area (Å²) >= 11 is 0. The van der Waals surface area contributed by atoms with Gasteiger partial charge in [0.25, 0.3) is 0 Å². The number of rotatable bonds is 4. The van der Waals surface area contributed by atoms with E-state index in [2.05, 4.69) is 25.6 Å². The molecule has 2 aromatic rings. The topological polar surface area (TPSA) is 79.8 Å². The summed E-state index contributed by atoms with van der Waals surface area (Å²) in [6, 6.07) is 2.28. The van der Waals surface area contributed by atoms with Gasteiger partial charge in [-0.1, -0.05) is 0 Å². The predicted molar refractivity (Wildman–Crippen MR) is 83.7 cm³/mol. The number of aromatic nitrogens is 3. The number of nitrogens with one attached hydrogen (secondary N) is 2. The summed E-state index contributed by atoms with van der Waals surface area (Å²) < 4.78 is 12.7. The zero-order valence-corrected chi connectivity index (χ0v) is 12.9. The van der Waals surface area contributed by atoms with Crippen LogP contribution in [0.2, 0.25) is 0 Å². The Bertz CT molecular complexity index is 717. The first kappa shape index (κ1) is 15.3. The zero-order chi connectivity index (χ0) is 16.2. The summed E-state index contributed by atoms with van der Waals surface area (Å²) in [5.41, 5.74) is 3.91. The number of anilines is 1. The maximum atomic E-state index is 12.7. The van der Waals surface area contributed by atoms with Crippen molar-refractivity contribution in [3.05, 3.63) is 47.1 Å².